The molecule has 1 fully saturated rings. The Morgan fingerprint density at radius 1 is 1.43 bits per heavy atom. The normalized spacial score (nSPS) is 21.0. The van der Waals surface area contributed by atoms with Crippen LogP contribution in [0.3, 0.4) is 0 Å². The molecule has 2 aliphatic rings. The van der Waals surface area contributed by atoms with Crippen molar-refractivity contribution in [3.05, 3.63) is 23.8 Å². The highest BCUT2D eigenvalue weighted by Gasteiger charge is 2.37. The molecule has 6 heteroatoms. The topological polar surface area (TPSA) is 71.0 Å². The van der Waals surface area contributed by atoms with Crippen LogP contribution in [-0.2, 0) is 16.1 Å². The number of ether oxygens (including phenoxy) is 1. The first-order valence-electron chi connectivity index (χ1n) is 7.00. The van der Waals surface area contributed by atoms with E-state index in [1.807, 2.05) is 36.9 Å². The Morgan fingerprint density at radius 2 is 2.24 bits per heavy atom. The van der Waals surface area contributed by atoms with Crippen molar-refractivity contribution in [2.24, 2.45) is 4.99 Å². The number of nitrogens with one attached hydrogen (secondary N) is 1. The van der Waals surface area contributed by atoms with Gasteiger partial charge < -0.3 is 9.64 Å². The maximum Gasteiger partial charge on any atom is 0.249 e. The lowest BCUT2D eigenvalue weighted by molar-refractivity contribution is -0.125. The van der Waals surface area contributed by atoms with Crippen LogP contribution in [0.4, 0.5) is 5.69 Å². The highest BCUT2D eigenvalue weighted by molar-refractivity contribution is 6.07. The number of benzene rings is 1. The lowest BCUT2D eigenvalue weighted by Crippen LogP contribution is -2.44. The zero-order chi connectivity index (χ0) is 15.0. The van der Waals surface area contributed by atoms with Gasteiger partial charge in [-0.15, -0.1) is 0 Å². The standard InChI is InChI=1S/C15H17N3O3/c1-3-21-13-6-4-5-11-10(13)8-18(9(2)16-11)12-7-14(19)17-15(12)20/h4-6,12H,3,7-8H2,1-2H3,(H,17,19,20). The molecule has 0 aromatic heterocycles. The molecule has 2 heterocycles. The van der Waals surface area contributed by atoms with Crippen molar-refractivity contribution in [3.63, 3.8) is 0 Å². The van der Waals surface area contributed by atoms with Crippen LogP contribution >= 0.6 is 0 Å². The molecule has 0 radical (unpaired) electrons. The average molecular weight is 287 g/mol. The van der Waals surface area contributed by atoms with E-state index in [0.717, 1.165) is 22.8 Å². The SMILES string of the molecule is CCOc1cccc2c1CN(C1CC(=O)NC1=O)C(C)=N2. The van der Waals surface area contributed by atoms with Crippen LogP contribution < -0.4 is 10.1 Å². The molecule has 0 saturated carbocycles. The van der Waals surface area contributed by atoms with Gasteiger partial charge in [0.05, 0.1) is 25.3 Å². The van der Waals surface area contributed by atoms with Gasteiger partial charge in [-0.25, -0.2) is 4.99 Å². The van der Waals surface area contributed by atoms with Gasteiger partial charge in [0, 0.05) is 5.56 Å². The minimum atomic E-state index is -0.482. The van der Waals surface area contributed by atoms with Crippen LogP contribution in [0.1, 0.15) is 25.8 Å². The van der Waals surface area contributed by atoms with Gasteiger partial charge >= 0.3 is 0 Å². The monoisotopic (exact) mass is 287 g/mol. The van der Waals surface area contributed by atoms with Gasteiger partial charge in [0.1, 0.15) is 17.6 Å². The van der Waals surface area contributed by atoms with E-state index in [2.05, 4.69) is 10.3 Å². The Bertz CT molecular complexity index is 639. The summed E-state index contributed by atoms with van der Waals surface area (Å²) >= 11 is 0. The van der Waals surface area contributed by atoms with Gasteiger partial charge in [0.25, 0.3) is 0 Å². The molecule has 3 rings (SSSR count). The highest BCUT2D eigenvalue weighted by Crippen LogP contribution is 2.35. The molecule has 1 unspecified atom stereocenters. The number of fused-ring (bicyclic) bond motifs is 1. The molecule has 1 aromatic rings. The van der Waals surface area contributed by atoms with Crippen molar-refractivity contribution >= 4 is 23.3 Å². The molecule has 2 amide bonds. The van der Waals surface area contributed by atoms with E-state index in [1.54, 1.807) is 0 Å². The summed E-state index contributed by atoms with van der Waals surface area (Å²) in [5.74, 6) is 1.03. The maximum absolute atomic E-state index is 11.9. The predicted octanol–water partition coefficient (Wildman–Crippen LogP) is 1.37. The predicted molar refractivity (Wildman–Crippen MR) is 77.5 cm³/mol. The molecular weight excluding hydrogens is 270 g/mol. The Balaban J connectivity index is 1.95. The third kappa shape index (κ3) is 2.37. The average Bonchev–Trinajstić information content (AvgIpc) is 2.77. The van der Waals surface area contributed by atoms with E-state index in [-0.39, 0.29) is 18.2 Å². The smallest absolute Gasteiger partial charge is 0.249 e. The van der Waals surface area contributed by atoms with Gasteiger partial charge in [0.15, 0.2) is 0 Å². The van der Waals surface area contributed by atoms with Gasteiger partial charge in [-0.2, -0.15) is 0 Å². The summed E-state index contributed by atoms with van der Waals surface area (Å²) < 4.78 is 5.64. The maximum atomic E-state index is 11.9. The zero-order valence-electron chi connectivity index (χ0n) is 12.0. The molecule has 0 aliphatic carbocycles. The van der Waals surface area contributed by atoms with Crippen molar-refractivity contribution in [1.29, 1.82) is 0 Å². The molecule has 1 N–H and O–H groups in total. The highest BCUT2D eigenvalue weighted by atomic mass is 16.5. The number of carbonyl (C=O) groups excluding carboxylic acids is 2. The number of imide groups is 1. The van der Waals surface area contributed by atoms with Crippen LogP contribution in [0.2, 0.25) is 0 Å². The summed E-state index contributed by atoms with van der Waals surface area (Å²) in [5, 5.41) is 2.34. The summed E-state index contributed by atoms with van der Waals surface area (Å²) in [6.07, 6.45) is 0.178. The quantitative estimate of drug-likeness (QED) is 0.852. The lowest BCUT2D eigenvalue weighted by Gasteiger charge is -2.32. The minimum absolute atomic E-state index is 0.178. The summed E-state index contributed by atoms with van der Waals surface area (Å²) in [6, 6.07) is 5.25. The Hall–Kier alpha value is -2.37. The van der Waals surface area contributed by atoms with Crippen LogP contribution in [0, 0.1) is 0 Å². The Morgan fingerprint density at radius 3 is 2.90 bits per heavy atom. The van der Waals surface area contributed by atoms with E-state index < -0.39 is 6.04 Å². The van der Waals surface area contributed by atoms with Crippen molar-refractivity contribution in [3.8, 4) is 5.75 Å². The first-order valence-corrected chi connectivity index (χ1v) is 7.00. The van der Waals surface area contributed by atoms with Gasteiger partial charge in [-0.3, -0.25) is 14.9 Å². The number of hydrogen-bond acceptors (Lipinski definition) is 5. The molecule has 21 heavy (non-hydrogen) atoms. The second kappa shape index (κ2) is 5.20. The molecular formula is C15H17N3O3. The summed E-state index contributed by atoms with van der Waals surface area (Å²) in [6.45, 7) is 4.87. The fourth-order valence-electron chi connectivity index (χ4n) is 2.76. The second-order valence-electron chi connectivity index (χ2n) is 5.11. The van der Waals surface area contributed by atoms with Crippen molar-refractivity contribution in [2.45, 2.75) is 32.9 Å². The van der Waals surface area contributed by atoms with E-state index in [4.69, 9.17) is 4.74 Å². The summed E-state index contributed by atoms with van der Waals surface area (Å²) in [7, 11) is 0. The van der Waals surface area contributed by atoms with Gasteiger partial charge in [-0.1, -0.05) is 6.07 Å². The van der Waals surface area contributed by atoms with E-state index in [0.29, 0.717) is 13.2 Å². The zero-order valence-corrected chi connectivity index (χ0v) is 12.0. The number of nitrogens with zero attached hydrogens (tertiary/aromatic N) is 2. The number of rotatable bonds is 3. The van der Waals surface area contributed by atoms with Crippen LogP contribution in [0.25, 0.3) is 0 Å². The number of amides is 2. The van der Waals surface area contributed by atoms with Crippen molar-refractivity contribution in [1.82, 2.24) is 10.2 Å². The minimum Gasteiger partial charge on any atom is -0.493 e. The second-order valence-corrected chi connectivity index (χ2v) is 5.11. The third-order valence-corrected chi connectivity index (χ3v) is 3.75. The Labute approximate surface area is 122 Å². The fraction of sp³-hybridized carbons (Fsp3) is 0.400. The molecule has 1 aromatic carbocycles. The van der Waals surface area contributed by atoms with Crippen LogP contribution in [0.5, 0.6) is 5.75 Å². The number of hydrogen-bond donors (Lipinski definition) is 1. The molecule has 1 atom stereocenters. The molecule has 1 saturated heterocycles. The molecule has 6 nitrogen and oxygen atoms in total. The molecule has 110 valence electrons. The van der Waals surface area contributed by atoms with E-state index in [9.17, 15) is 9.59 Å². The van der Waals surface area contributed by atoms with Crippen molar-refractivity contribution < 1.29 is 14.3 Å². The largest absolute Gasteiger partial charge is 0.493 e. The molecule has 0 spiro atoms. The fourth-order valence-corrected chi connectivity index (χ4v) is 2.76. The van der Waals surface area contributed by atoms with Crippen molar-refractivity contribution in [2.75, 3.05) is 6.61 Å². The van der Waals surface area contributed by atoms with E-state index in [1.165, 1.54) is 0 Å². The molecule has 2 aliphatic heterocycles. The van der Waals surface area contributed by atoms with E-state index >= 15 is 0 Å². The number of amidine groups is 1. The lowest BCUT2D eigenvalue weighted by atomic mass is 10.1. The summed E-state index contributed by atoms with van der Waals surface area (Å²) in [5.41, 5.74) is 1.82. The first-order chi connectivity index (χ1) is 10.1. The third-order valence-electron chi connectivity index (χ3n) is 3.75. The van der Waals surface area contributed by atoms with Gasteiger partial charge in [-0.05, 0) is 26.0 Å². The first kappa shape index (κ1) is 13.6. The summed E-state index contributed by atoms with van der Waals surface area (Å²) in [4.78, 5) is 29.7. The van der Waals surface area contributed by atoms with Gasteiger partial charge in [0.2, 0.25) is 11.8 Å². The Kier molecular flexibility index (Phi) is 3.37. The number of carbonyl (C=O) groups is 2. The van der Waals surface area contributed by atoms with Crippen LogP contribution in [0.15, 0.2) is 23.2 Å². The molecule has 0 bridgehead atoms. The number of aliphatic imine (C=N–C) groups is 1. The van der Waals surface area contributed by atoms with Crippen LogP contribution in [-0.4, -0.2) is 35.2 Å².